The summed E-state index contributed by atoms with van der Waals surface area (Å²) in [5.74, 6) is 3.09. The van der Waals surface area contributed by atoms with Gasteiger partial charge in [0, 0.05) is 127 Å². The molecule has 2 fully saturated rings. The average molecular weight is 1180 g/mol. The van der Waals surface area contributed by atoms with Gasteiger partial charge in [0.15, 0.2) is 11.5 Å². The maximum Gasteiger partial charge on any atom is 0.267 e. The van der Waals surface area contributed by atoms with E-state index in [9.17, 15) is 9.59 Å². The van der Waals surface area contributed by atoms with Crippen LogP contribution in [0.3, 0.4) is 0 Å². The Labute approximate surface area is 499 Å². The lowest BCUT2D eigenvalue weighted by atomic mass is 10.2. The summed E-state index contributed by atoms with van der Waals surface area (Å²) in [6.07, 6.45) is 7.58. The fourth-order valence-electron chi connectivity index (χ4n) is 8.63. The molecule has 2 saturated heterocycles. The van der Waals surface area contributed by atoms with E-state index < -0.39 is 0 Å². The number of carbonyl (C=O) groups is 2. The highest BCUT2D eigenvalue weighted by Crippen LogP contribution is 2.36. The minimum absolute atomic E-state index is 0. The largest absolute Gasteiger partial charge is 0.495 e. The molecule has 2 atom stereocenters. The van der Waals surface area contributed by atoms with Crippen LogP contribution in [0.15, 0.2) is 123 Å². The lowest BCUT2D eigenvalue weighted by Crippen LogP contribution is -2.35. The number of rotatable bonds is 24. The van der Waals surface area contributed by atoms with Crippen LogP contribution in [0.4, 0.5) is 40.1 Å². The fraction of sp³-hybridized carbons (Fsp3) is 0.356. The van der Waals surface area contributed by atoms with Crippen molar-refractivity contribution < 1.29 is 47.5 Å². The third-order valence-electron chi connectivity index (χ3n) is 13.1. The molecule has 4 heterocycles. The van der Waals surface area contributed by atoms with Crippen LogP contribution in [0.5, 0.6) is 46.3 Å². The second kappa shape index (κ2) is 34.4. The van der Waals surface area contributed by atoms with Gasteiger partial charge in [-0.3, -0.25) is 19.4 Å². The summed E-state index contributed by atoms with van der Waals surface area (Å²) in [5, 5.41) is 8.60. The van der Waals surface area contributed by atoms with Crippen molar-refractivity contribution in [1.29, 1.82) is 0 Å². The Hall–Kier alpha value is -8.06. The number of hydrogen-bond donors (Lipinski definition) is 4. The zero-order valence-corrected chi connectivity index (χ0v) is 49.4. The summed E-state index contributed by atoms with van der Waals surface area (Å²) >= 11 is 5.73. The predicted octanol–water partition coefficient (Wildman–Crippen LogP) is 9.55. The second-order valence-electron chi connectivity index (χ2n) is 18.4. The quantitative estimate of drug-likeness (QED) is 0.0251. The van der Waals surface area contributed by atoms with Gasteiger partial charge in [-0.2, -0.15) is 23.5 Å². The standard InChI is InChI=1S/C29H36N6O5.C15H25N3O2.C14H12ClN3O3.CH4.H2S/c1-6-27(36)31-20-8-7-9-23(16-20)40-28-26(39-5)18-30-29(33-28)32-24-11-10-21(17-25(24)38-4)34(2)22-12-13-35(19-22)14-15-37-3;1-17(12-4-5-14(16)15(10-12)20-3)13-6-7-18(11-13)8-9-19-2;1-3-12(19)17-9-5-4-6-10(7-9)21-13-11(20-2)8-16-14(15)18-13;;/h6-11,16-18,22H,1,12-15,19H2,2-5H3,(H,31,36)(H,30,32,33);4-5,10,13H,6-9,11,16H2,1-3H3;3-8H,1H2,2H3,(H,17,19);1H4;1H2/t22-;13-;;;/m00.../s1. The Morgan fingerprint density at radius 2 is 1.13 bits per heavy atom. The van der Waals surface area contributed by atoms with Crippen molar-refractivity contribution in [2.24, 2.45) is 0 Å². The highest BCUT2D eigenvalue weighted by atomic mass is 35.5. The summed E-state index contributed by atoms with van der Waals surface area (Å²) in [7, 11) is 14.0. The predicted molar refractivity (Wildman–Crippen MR) is 334 cm³/mol. The topological polar surface area (TPSA) is 235 Å². The van der Waals surface area contributed by atoms with Crippen LogP contribution in [-0.2, 0) is 19.1 Å². The number of nitrogen functional groups attached to an aromatic ring is 1. The molecule has 2 aliphatic heterocycles. The Kier molecular flexibility index (Phi) is 28.0. The van der Waals surface area contributed by atoms with E-state index >= 15 is 0 Å². The Balaban J connectivity index is 0.000000290. The highest BCUT2D eigenvalue weighted by molar-refractivity contribution is 7.59. The number of ether oxygens (including phenoxy) is 8. The van der Waals surface area contributed by atoms with Crippen molar-refractivity contribution >= 4 is 77.0 Å². The van der Waals surface area contributed by atoms with E-state index in [2.05, 4.69) is 88.8 Å². The molecule has 8 rings (SSSR count). The summed E-state index contributed by atoms with van der Waals surface area (Å²) < 4.78 is 43.4. The summed E-state index contributed by atoms with van der Waals surface area (Å²) in [5.41, 5.74) is 10.6. The number of nitrogens with two attached hydrogens (primary N) is 1. The van der Waals surface area contributed by atoms with Crippen molar-refractivity contribution in [3.05, 3.63) is 128 Å². The molecule has 24 heteroatoms. The third-order valence-corrected chi connectivity index (χ3v) is 13.3. The van der Waals surface area contributed by atoms with Gasteiger partial charge < -0.3 is 69.4 Å². The van der Waals surface area contributed by atoms with Crippen LogP contribution in [-0.4, -0.2) is 163 Å². The van der Waals surface area contributed by atoms with Gasteiger partial charge in [-0.1, -0.05) is 32.7 Å². The smallest absolute Gasteiger partial charge is 0.267 e. The van der Waals surface area contributed by atoms with E-state index in [0.717, 1.165) is 76.0 Å². The molecule has 0 aliphatic carbocycles. The van der Waals surface area contributed by atoms with E-state index in [-0.39, 0.29) is 49.8 Å². The van der Waals surface area contributed by atoms with Crippen LogP contribution in [0, 0.1) is 0 Å². The Morgan fingerprint density at radius 1 is 0.663 bits per heavy atom. The number of aromatic nitrogens is 4. The van der Waals surface area contributed by atoms with Gasteiger partial charge in [-0.15, -0.1) is 0 Å². The Bertz CT molecular complexity index is 3040. The number of likely N-dealkylation sites (N-methyl/N-ethyl adjacent to an activating group) is 2. The SMILES string of the molecule is C.C=CC(=O)Nc1cccc(Oc2nc(Cl)ncc2OC)c1.C=CC(=O)Nc1cccc(Oc2nc(Nc3ccc(N(C)[C@H]4CCN(CCOC)C4)cc3OC)ncc2OC)c1.COCCN1CC[C@H](N(C)c2ccc(N)c(OC)c2)C1.S. The number of carbonyl (C=O) groups excluding carboxylic acids is 2. The number of nitrogens with one attached hydrogen (secondary N) is 3. The molecule has 0 spiro atoms. The van der Waals surface area contributed by atoms with Crippen LogP contribution < -0.4 is 59.9 Å². The second-order valence-corrected chi connectivity index (χ2v) is 18.7. The van der Waals surface area contributed by atoms with E-state index in [1.54, 1.807) is 77.0 Å². The Morgan fingerprint density at radius 3 is 1.61 bits per heavy atom. The number of methoxy groups -OCH3 is 6. The number of hydrogen-bond acceptors (Lipinski definition) is 20. The molecule has 6 aromatic rings. The maximum atomic E-state index is 11.7. The van der Waals surface area contributed by atoms with Crippen LogP contribution >= 0.6 is 25.1 Å². The molecule has 22 nitrogen and oxygen atoms in total. The summed E-state index contributed by atoms with van der Waals surface area (Å²) in [4.78, 5) is 49.0. The third kappa shape index (κ3) is 20.1. The van der Waals surface area contributed by atoms with Crippen molar-refractivity contribution in [3.8, 4) is 46.3 Å². The average Bonchev–Trinajstić information content (AvgIpc) is 4.21. The number of anilines is 7. The first kappa shape index (κ1) is 67.4. The molecule has 448 valence electrons. The van der Waals surface area contributed by atoms with Crippen LogP contribution in [0.25, 0.3) is 0 Å². The molecule has 2 amide bonds. The molecule has 0 bridgehead atoms. The van der Waals surface area contributed by atoms with Crippen molar-refractivity contribution in [2.75, 3.05) is 141 Å². The zero-order chi connectivity index (χ0) is 58.3. The maximum absolute atomic E-state index is 11.7. The molecule has 83 heavy (non-hydrogen) atoms. The fourth-order valence-corrected chi connectivity index (χ4v) is 8.75. The molecule has 2 aromatic heterocycles. The van der Waals surface area contributed by atoms with Crippen LogP contribution in [0.1, 0.15) is 20.3 Å². The number of benzene rings is 4. The van der Waals surface area contributed by atoms with E-state index in [0.29, 0.717) is 69.5 Å². The van der Waals surface area contributed by atoms with Crippen molar-refractivity contribution in [3.63, 3.8) is 0 Å². The number of nitrogens with zero attached hydrogens (tertiary/aromatic N) is 8. The highest BCUT2D eigenvalue weighted by Gasteiger charge is 2.28. The first-order valence-corrected chi connectivity index (χ1v) is 26.3. The van der Waals surface area contributed by atoms with Gasteiger partial charge in [0.2, 0.25) is 23.0 Å². The van der Waals surface area contributed by atoms with Crippen molar-refractivity contribution in [2.45, 2.75) is 32.4 Å². The molecular formula is C59H79ClN12O10S. The number of amides is 2. The van der Waals surface area contributed by atoms with E-state index in [1.165, 1.54) is 45.2 Å². The monoisotopic (exact) mass is 1180 g/mol. The molecule has 5 N–H and O–H groups in total. The zero-order valence-electron chi connectivity index (χ0n) is 47.6. The first-order chi connectivity index (χ1) is 39.2. The number of halogens is 1. The first-order valence-electron chi connectivity index (χ1n) is 25.9. The molecular weight excluding hydrogens is 1100 g/mol. The van der Waals surface area contributed by atoms with Gasteiger partial charge in [-0.25, -0.2) is 9.97 Å². The normalized spacial score (nSPS) is 14.3. The van der Waals surface area contributed by atoms with Gasteiger partial charge in [0.1, 0.15) is 23.0 Å². The summed E-state index contributed by atoms with van der Waals surface area (Å²) in [6.45, 7) is 14.6. The van der Waals surface area contributed by atoms with E-state index in [4.69, 9.17) is 55.2 Å². The lowest BCUT2D eigenvalue weighted by molar-refractivity contribution is -0.112. The molecule has 4 aromatic carbocycles. The molecule has 2 aliphatic rings. The van der Waals surface area contributed by atoms with Crippen molar-refractivity contribution in [1.82, 2.24) is 29.7 Å². The van der Waals surface area contributed by atoms with Gasteiger partial charge in [0.25, 0.3) is 11.8 Å². The minimum atomic E-state index is -0.318. The van der Waals surface area contributed by atoms with E-state index in [1.807, 2.05) is 30.3 Å². The number of likely N-dealkylation sites (tertiary alicyclic amines) is 2. The minimum Gasteiger partial charge on any atom is -0.495 e. The van der Waals surface area contributed by atoms with Gasteiger partial charge in [0.05, 0.1) is 65.4 Å². The summed E-state index contributed by atoms with van der Waals surface area (Å²) in [6, 6.07) is 26.6. The van der Waals surface area contributed by atoms with Crippen LogP contribution in [0.2, 0.25) is 5.28 Å². The molecule has 0 saturated carbocycles. The van der Waals surface area contributed by atoms with Gasteiger partial charge >= 0.3 is 0 Å². The lowest BCUT2D eigenvalue weighted by Gasteiger charge is -2.28. The van der Waals surface area contributed by atoms with Gasteiger partial charge in [-0.05, 0) is 85.1 Å². The molecule has 0 unspecified atom stereocenters. The molecule has 0 radical (unpaired) electrons.